The fraction of sp³-hybridized carbons (Fsp3) is 0.750. The van der Waals surface area contributed by atoms with Crippen molar-refractivity contribution in [3.8, 4) is 0 Å². The average Bonchev–Trinajstić information content (AvgIpc) is 2.39. The number of nitrogens with one attached hydrogen (secondary N) is 2. The quantitative estimate of drug-likeness (QED) is 0.406. The molecule has 0 fully saturated rings. The van der Waals surface area contributed by atoms with Crippen molar-refractivity contribution in [3.63, 3.8) is 0 Å². The van der Waals surface area contributed by atoms with Gasteiger partial charge in [0.25, 0.3) is 0 Å². The van der Waals surface area contributed by atoms with Crippen molar-refractivity contribution in [1.29, 1.82) is 0 Å². The number of esters is 1. The number of aliphatic hydroxyl groups is 1. The molecule has 20 heavy (non-hydrogen) atoms. The van der Waals surface area contributed by atoms with Gasteiger partial charge >= 0.3 is 5.97 Å². The van der Waals surface area contributed by atoms with Gasteiger partial charge in [-0.2, -0.15) is 0 Å². The Balaban J connectivity index is 4.81. The highest BCUT2D eigenvalue weighted by Gasteiger charge is 2.29. The Hall–Kier alpha value is -1.67. The number of ether oxygens (including phenoxy) is 1. The summed E-state index contributed by atoms with van der Waals surface area (Å²) in [7, 11) is 1.15. The van der Waals surface area contributed by atoms with Crippen LogP contribution in [0.4, 0.5) is 0 Å². The number of carbonyl (C=O) groups is 3. The third-order valence-corrected chi connectivity index (χ3v) is 2.65. The first-order valence-corrected chi connectivity index (χ1v) is 6.29. The van der Waals surface area contributed by atoms with E-state index in [-0.39, 0.29) is 5.92 Å². The highest BCUT2D eigenvalue weighted by molar-refractivity contribution is 5.92. The summed E-state index contributed by atoms with van der Waals surface area (Å²) in [6.45, 7) is 4.37. The molecule has 0 heterocycles. The highest BCUT2D eigenvalue weighted by Crippen LogP contribution is 2.03. The molecule has 0 rings (SSSR count). The molecule has 116 valence electrons. The molecule has 0 spiro atoms. The van der Waals surface area contributed by atoms with Crippen molar-refractivity contribution in [2.24, 2.45) is 11.7 Å². The second-order valence-corrected chi connectivity index (χ2v) is 4.79. The molecule has 8 nitrogen and oxygen atoms in total. The maximum atomic E-state index is 12.0. The monoisotopic (exact) mass is 289 g/mol. The number of methoxy groups -OCH3 is 1. The van der Waals surface area contributed by atoms with E-state index in [0.29, 0.717) is 0 Å². The van der Waals surface area contributed by atoms with Gasteiger partial charge in [-0.05, 0) is 12.8 Å². The first-order valence-electron chi connectivity index (χ1n) is 6.29. The normalized spacial score (nSPS) is 15.2. The smallest absolute Gasteiger partial charge is 0.330 e. The standard InChI is InChI=1S/C12H23N3O5/c1-6(2)9(15-10(17)7(3)13)11(18)14-8(5-16)12(19)20-4/h6-9,16H,5,13H2,1-4H3,(H,14,18)(H,15,17)/t7-,8-,9-/m0/s1. The van der Waals surface area contributed by atoms with Crippen molar-refractivity contribution < 1.29 is 24.2 Å². The van der Waals surface area contributed by atoms with Gasteiger partial charge < -0.3 is 26.2 Å². The lowest BCUT2D eigenvalue weighted by Gasteiger charge is -2.24. The molecule has 0 aromatic heterocycles. The molecule has 0 aliphatic rings. The molecule has 3 atom stereocenters. The Bertz CT molecular complexity index is 357. The second kappa shape index (κ2) is 8.49. The van der Waals surface area contributed by atoms with Gasteiger partial charge in [-0.1, -0.05) is 13.8 Å². The van der Waals surface area contributed by atoms with Gasteiger partial charge in [0.1, 0.15) is 6.04 Å². The van der Waals surface area contributed by atoms with Crippen molar-refractivity contribution in [2.75, 3.05) is 13.7 Å². The van der Waals surface area contributed by atoms with E-state index >= 15 is 0 Å². The molecular weight excluding hydrogens is 266 g/mol. The molecule has 0 radical (unpaired) electrons. The summed E-state index contributed by atoms with van der Waals surface area (Å²) < 4.78 is 4.44. The van der Waals surface area contributed by atoms with Crippen molar-refractivity contribution in [3.05, 3.63) is 0 Å². The lowest BCUT2D eigenvalue weighted by Crippen LogP contribution is -2.56. The van der Waals surface area contributed by atoms with Crippen LogP contribution in [-0.2, 0) is 19.1 Å². The van der Waals surface area contributed by atoms with E-state index < -0.39 is 42.5 Å². The summed E-state index contributed by atoms with van der Waals surface area (Å²) in [5, 5.41) is 13.9. The predicted octanol–water partition coefficient (Wildman–Crippen LogP) is -1.88. The summed E-state index contributed by atoms with van der Waals surface area (Å²) in [6, 6.07) is -2.77. The molecule has 0 aromatic rings. The molecule has 0 saturated heterocycles. The van der Waals surface area contributed by atoms with E-state index in [4.69, 9.17) is 10.8 Å². The van der Waals surface area contributed by atoms with Crippen LogP contribution < -0.4 is 16.4 Å². The van der Waals surface area contributed by atoms with E-state index in [1.54, 1.807) is 13.8 Å². The van der Waals surface area contributed by atoms with E-state index in [1.807, 2.05) is 0 Å². The van der Waals surface area contributed by atoms with Crippen LogP contribution in [0.1, 0.15) is 20.8 Å². The first-order chi connectivity index (χ1) is 9.24. The zero-order valence-electron chi connectivity index (χ0n) is 12.2. The molecule has 0 unspecified atom stereocenters. The minimum atomic E-state index is -1.17. The minimum Gasteiger partial charge on any atom is -0.467 e. The van der Waals surface area contributed by atoms with Gasteiger partial charge in [-0.3, -0.25) is 9.59 Å². The van der Waals surface area contributed by atoms with Gasteiger partial charge in [-0.15, -0.1) is 0 Å². The molecule has 2 amide bonds. The van der Waals surface area contributed by atoms with E-state index in [0.717, 1.165) is 7.11 Å². The number of hydrogen-bond acceptors (Lipinski definition) is 6. The van der Waals surface area contributed by atoms with Crippen molar-refractivity contribution in [2.45, 2.75) is 38.9 Å². The molecule has 0 saturated carbocycles. The first kappa shape index (κ1) is 18.3. The van der Waals surface area contributed by atoms with Crippen molar-refractivity contribution >= 4 is 17.8 Å². The van der Waals surface area contributed by atoms with Crippen LogP contribution in [0.5, 0.6) is 0 Å². The summed E-state index contributed by atoms with van der Waals surface area (Å²) in [5.74, 6) is -2.03. The van der Waals surface area contributed by atoms with Crippen LogP contribution in [0.3, 0.4) is 0 Å². The van der Waals surface area contributed by atoms with Crippen LogP contribution in [0.15, 0.2) is 0 Å². The number of carbonyl (C=O) groups excluding carboxylic acids is 3. The molecule has 0 aromatic carbocycles. The summed E-state index contributed by atoms with van der Waals surface area (Å²) >= 11 is 0. The predicted molar refractivity (Wildman–Crippen MR) is 71.5 cm³/mol. The summed E-state index contributed by atoms with van der Waals surface area (Å²) in [6.07, 6.45) is 0. The number of hydrogen-bond donors (Lipinski definition) is 4. The van der Waals surface area contributed by atoms with E-state index in [2.05, 4.69) is 15.4 Å². The van der Waals surface area contributed by atoms with Gasteiger partial charge in [0, 0.05) is 0 Å². The lowest BCUT2D eigenvalue weighted by atomic mass is 10.0. The number of rotatable bonds is 7. The van der Waals surface area contributed by atoms with Crippen LogP contribution in [0.2, 0.25) is 0 Å². The molecule has 0 aliphatic heterocycles. The molecular formula is C12H23N3O5. The highest BCUT2D eigenvalue weighted by atomic mass is 16.5. The third kappa shape index (κ3) is 5.54. The van der Waals surface area contributed by atoms with E-state index in [9.17, 15) is 14.4 Å². The SMILES string of the molecule is COC(=O)[C@H](CO)NC(=O)[C@@H](NC(=O)[C@H](C)N)C(C)C. The van der Waals surface area contributed by atoms with Crippen molar-refractivity contribution in [1.82, 2.24) is 10.6 Å². The summed E-state index contributed by atoms with van der Waals surface area (Å²) in [4.78, 5) is 34.9. The van der Waals surface area contributed by atoms with Gasteiger partial charge in [0.15, 0.2) is 6.04 Å². The maximum Gasteiger partial charge on any atom is 0.330 e. The second-order valence-electron chi connectivity index (χ2n) is 4.79. The summed E-state index contributed by atoms with van der Waals surface area (Å²) in [5.41, 5.74) is 5.42. The molecule has 8 heteroatoms. The largest absolute Gasteiger partial charge is 0.467 e. The topological polar surface area (TPSA) is 131 Å². The number of nitrogens with two attached hydrogens (primary N) is 1. The Morgan fingerprint density at radius 1 is 1.15 bits per heavy atom. The van der Waals surface area contributed by atoms with Crippen LogP contribution in [0, 0.1) is 5.92 Å². The minimum absolute atomic E-state index is 0.213. The van der Waals surface area contributed by atoms with Crippen LogP contribution in [-0.4, -0.2) is 54.7 Å². The zero-order valence-corrected chi connectivity index (χ0v) is 12.2. The Labute approximate surface area is 118 Å². The molecule has 0 bridgehead atoms. The fourth-order valence-corrected chi connectivity index (χ4v) is 1.40. The van der Waals surface area contributed by atoms with Crippen LogP contribution in [0.25, 0.3) is 0 Å². The van der Waals surface area contributed by atoms with Gasteiger partial charge in [0.05, 0.1) is 19.8 Å². The number of aliphatic hydroxyl groups excluding tert-OH is 1. The Morgan fingerprint density at radius 2 is 1.70 bits per heavy atom. The average molecular weight is 289 g/mol. The zero-order chi connectivity index (χ0) is 15.9. The molecule has 5 N–H and O–H groups in total. The number of amides is 2. The lowest BCUT2D eigenvalue weighted by molar-refractivity contribution is -0.146. The maximum absolute atomic E-state index is 12.0. The Kier molecular flexibility index (Phi) is 7.78. The Morgan fingerprint density at radius 3 is 2.05 bits per heavy atom. The van der Waals surface area contributed by atoms with Gasteiger partial charge in [-0.25, -0.2) is 4.79 Å². The van der Waals surface area contributed by atoms with Gasteiger partial charge in [0.2, 0.25) is 11.8 Å². The van der Waals surface area contributed by atoms with Crippen LogP contribution >= 0.6 is 0 Å². The van der Waals surface area contributed by atoms with E-state index in [1.165, 1.54) is 6.92 Å². The third-order valence-electron chi connectivity index (χ3n) is 2.65. The fourth-order valence-electron chi connectivity index (χ4n) is 1.40. The molecule has 0 aliphatic carbocycles.